The first-order valence-corrected chi connectivity index (χ1v) is 7.34. The van der Waals surface area contributed by atoms with Crippen molar-refractivity contribution in [1.29, 1.82) is 0 Å². The smallest absolute Gasteiger partial charge is 0.142 e. The van der Waals surface area contributed by atoms with Crippen LogP contribution < -0.4 is 14.5 Å². The van der Waals surface area contributed by atoms with E-state index in [0.29, 0.717) is 6.04 Å². The second kappa shape index (κ2) is 6.04. The molecule has 0 radical (unpaired) electrons. The standard InChI is InChI=1S/C17H21N3O/c1-14-13-19(16-5-3-4-6-17(16)21-2)11-12-20(14)15-7-9-18-10-8-15/h3-10,14H,11-13H2,1-2H3/t14-/m0/s1. The molecule has 0 aliphatic carbocycles. The predicted molar refractivity (Wildman–Crippen MR) is 86.3 cm³/mol. The Labute approximate surface area is 126 Å². The van der Waals surface area contributed by atoms with E-state index in [1.807, 2.05) is 24.5 Å². The van der Waals surface area contributed by atoms with Crippen LogP contribution in [-0.4, -0.2) is 37.8 Å². The average molecular weight is 283 g/mol. The van der Waals surface area contributed by atoms with Crippen molar-refractivity contribution in [1.82, 2.24) is 4.98 Å². The summed E-state index contributed by atoms with van der Waals surface area (Å²) in [6, 6.07) is 12.8. The van der Waals surface area contributed by atoms with Crippen molar-refractivity contribution in [2.45, 2.75) is 13.0 Å². The van der Waals surface area contributed by atoms with E-state index in [-0.39, 0.29) is 0 Å². The van der Waals surface area contributed by atoms with Gasteiger partial charge in [-0.15, -0.1) is 0 Å². The molecule has 1 aliphatic heterocycles. The zero-order chi connectivity index (χ0) is 14.7. The molecule has 1 aromatic carbocycles. The van der Waals surface area contributed by atoms with Crippen molar-refractivity contribution in [2.75, 3.05) is 36.5 Å². The molecule has 0 amide bonds. The summed E-state index contributed by atoms with van der Waals surface area (Å²) in [5.74, 6) is 0.946. The summed E-state index contributed by atoms with van der Waals surface area (Å²) in [5, 5.41) is 0. The normalized spacial score (nSPS) is 18.7. The third kappa shape index (κ3) is 2.79. The third-order valence-electron chi connectivity index (χ3n) is 4.05. The third-order valence-corrected chi connectivity index (χ3v) is 4.05. The Morgan fingerprint density at radius 2 is 1.86 bits per heavy atom. The highest BCUT2D eigenvalue weighted by Crippen LogP contribution is 2.30. The lowest BCUT2D eigenvalue weighted by Crippen LogP contribution is -2.52. The van der Waals surface area contributed by atoms with Crippen LogP contribution in [0, 0.1) is 0 Å². The number of hydrogen-bond donors (Lipinski definition) is 0. The van der Waals surface area contributed by atoms with Gasteiger partial charge in [0, 0.05) is 43.8 Å². The van der Waals surface area contributed by atoms with Gasteiger partial charge in [0.05, 0.1) is 12.8 Å². The van der Waals surface area contributed by atoms with Crippen molar-refractivity contribution in [2.24, 2.45) is 0 Å². The average Bonchev–Trinajstić information content (AvgIpc) is 2.55. The number of piperazine rings is 1. The first kappa shape index (κ1) is 13.7. The number of nitrogens with zero attached hydrogens (tertiary/aromatic N) is 3. The lowest BCUT2D eigenvalue weighted by Gasteiger charge is -2.42. The maximum Gasteiger partial charge on any atom is 0.142 e. The molecule has 110 valence electrons. The van der Waals surface area contributed by atoms with E-state index in [1.165, 1.54) is 11.4 Å². The van der Waals surface area contributed by atoms with E-state index < -0.39 is 0 Å². The van der Waals surface area contributed by atoms with Crippen molar-refractivity contribution in [3.05, 3.63) is 48.8 Å². The summed E-state index contributed by atoms with van der Waals surface area (Å²) in [6.07, 6.45) is 3.71. The minimum absolute atomic E-state index is 0.450. The second-order valence-electron chi connectivity index (χ2n) is 5.37. The van der Waals surface area contributed by atoms with Gasteiger partial charge in [0.1, 0.15) is 5.75 Å². The number of hydrogen-bond acceptors (Lipinski definition) is 4. The molecule has 4 nitrogen and oxygen atoms in total. The molecule has 1 atom stereocenters. The van der Waals surface area contributed by atoms with Crippen LogP contribution in [0.1, 0.15) is 6.92 Å². The number of pyridine rings is 1. The summed E-state index contributed by atoms with van der Waals surface area (Å²) >= 11 is 0. The van der Waals surface area contributed by atoms with Crippen LogP contribution in [0.4, 0.5) is 11.4 Å². The maximum atomic E-state index is 5.48. The summed E-state index contributed by atoms with van der Waals surface area (Å²) in [4.78, 5) is 8.94. The minimum atomic E-state index is 0.450. The van der Waals surface area contributed by atoms with Gasteiger partial charge in [-0.05, 0) is 31.2 Å². The number of ether oxygens (including phenoxy) is 1. The van der Waals surface area contributed by atoms with E-state index in [4.69, 9.17) is 4.74 Å². The number of benzene rings is 1. The van der Waals surface area contributed by atoms with Crippen LogP contribution in [0.3, 0.4) is 0 Å². The fourth-order valence-electron chi connectivity index (χ4n) is 2.99. The largest absolute Gasteiger partial charge is 0.495 e. The SMILES string of the molecule is COc1ccccc1N1CCN(c2ccncc2)[C@@H](C)C1. The molecule has 2 heterocycles. The van der Waals surface area contributed by atoms with Crippen LogP contribution >= 0.6 is 0 Å². The summed E-state index contributed by atoms with van der Waals surface area (Å²) < 4.78 is 5.48. The van der Waals surface area contributed by atoms with Gasteiger partial charge in [-0.25, -0.2) is 0 Å². The second-order valence-corrected chi connectivity index (χ2v) is 5.37. The number of rotatable bonds is 3. The van der Waals surface area contributed by atoms with Crippen LogP contribution in [-0.2, 0) is 0 Å². The van der Waals surface area contributed by atoms with Gasteiger partial charge in [-0.3, -0.25) is 4.98 Å². The fraction of sp³-hybridized carbons (Fsp3) is 0.353. The van der Waals surface area contributed by atoms with Crippen LogP contribution in [0.2, 0.25) is 0 Å². The highest BCUT2D eigenvalue weighted by Gasteiger charge is 2.25. The first-order valence-electron chi connectivity index (χ1n) is 7.34. The van der Waals surface area contributed by atoms with Gasteiger partial charge in [0.25, 0.3) is 0 Å². The van der Waals surface area contributed by atoms with Gasteiger partial charge >= 0.3 is 0 Å². The van der Waals surface area contributed by atoms with E-state index in [2.05, 4.69) is 46.0 Å². The summed E-state index contributed by atoms with van der Waals surface area (Å²) in [7, 11) is 1.73. The van der Waals surface area contributed by atoms with Gasteiger partial charge in [-0.2, -0.15) is 0 Å². The van der Waals surface area contributed by atoms with Crippen molar-refractivity contribution in [3.63, 3.8) is 0 Å². The molecule has 1 fully saturated rings. The Morgan fingerprint density at radius 1 is 1.10 bits per heavy atom. The molecule has 4 heteroatoms. The number of para-hydroxylation sites is 2. The monoisotopic (exact) mass is 283 g/mol. The molecule has 1 aliphatic rings. The minimum Gasteiger partial charge on any atom is -0.495 e. The van der Waals surface area contributed by atoms with Crippen LogP contribution in [0.15, 0.2) is 48.8 Å². The Balaban J connectivity index is 1.77. The molecule has 0 saturated carbocycles. The number of aromatic nitrogens is 1. The molecule has 0 spiro atoms. The van der Waals surface area contributed by atoms with E-state index in [9.17, 15) is 0 Å². The molecular formula is C17H21N3O. The predicted octanol–water partition coefficient (Wildman–Crippen LogP) is 2.81. The molecule has 0 N–H and O–H groups in total. The van der Waals surface area contributed by atoms with E-state index in [1.54, 1.807) is 7.11 Å². The molecule has 0 unspecified atom stereocenters. The highest BCUT2D eigenvalue weighted by atomic mass is 16.5. The Bertz CT molecular complexity index is 588. The molecular weight excluding hydrogens is 262 g/mol. The Kier molecular flexibility index (Phi) is 3.95. The fourth-order valence-corrected chi connectivity index (χ4v) is 2.99. The number of anilines is 2. The van der Waals surface area contributed by atoms with Gasteiger partial charge in [-0.1, -0.05) is 12.1 Å². The zero-order valence-electron chi connectivity index (χ0n) is 12.6. The van der Waals surface area contributed by atoms with Gasteiger partial charge in [0.2, 0.25) is 0 Å². The molecule has 1 aromatic heterocycles. The molecule has 2 aromatic rings. The molecule has 21 heavy (non-hydrogen) atoms. The molecule has 0 bridgehead atoms. The quantitative estimate of drug-likeness (QED) is 0.866. The van der Waals surface area contributed by atoms with Gasteiger partial charge in [0.15, 0.2) is 0 Å². The van der Waals surface area contributed by atoms with Crippen molar-refractivity contribution in [3.8, 4) is 5.75 Å². The van der Waals surface area contributed by atoms with Crippen molar-refractivity contribution < 1.29 is 4.74 Å². The van der Waals surface area contributed by atoms with Crippen LogP contribution in [0.25, 0.3) is 0 Å². The van der Waals surface area contributed by atoms with E-state index >= 15 is 0 Å². The van der Waals surface area contributed by atoms with Crippen molar-refractivity contribution >= 4 is 11.4 Å². The summed E-state index contributed by atoms with van der Waals surface area (Å²) in [6.45, 7) is 5.25. The number of methoxy groups -OCH3 is 1. The lowest BCUT2D eigenvalue weighted by atomic mass is 10.1. The highest BCUT2D eigenvalue weighted by molar-refractivity contribution is 5.60. The Morgan fingerprint density at radius 3 is 2.57 bits per heavy atom. The zero-order valence-corrected chi connectivity index (χ0v) is 12.6. The molecule has 1 saturated heterocycles. The first-order chi connectivity index (χ1) is 10.3. The molecule has 3 rings (SSSR count). The van der Waals surface area contributed by atoms with E-state index in [0.717, 1.165) is 25.4 Å². The maximum absolute atomic E-state index is 5.48. The summed E-state index contributed by atoms with van der Waals surface area (Å²) in [5.41, 5.74) is 2.43. The topological polar surface area (TPSA) is 28.6 Å². The van der Waals surface area contributed by atoms with Crippen LogP contribution in [0.5, 0.6) is 5.75 Å². The Hall–Kier alpha value is -2.23. The lowest BCUT2D eigenvalue weighted by molar-refractivity contribution is 0.412. The van der Waals surface area contributed by atoms with Gasteiger partial charge < -0.3 is 14.5 Å².